The molecule has 0 aliphatic carbocycles. The fraction of sp³-hybridized carbons (Fsp3) is 0.357. The lowest BCUT2D eigenvalue weighted by molar-refractivity contribution is -0.141. The maximum absolute atomic E-state index is 12.9. The Kier molecular flexibility index (Phi) is 4.45. The average molecular weight is 300 g/mol. The van der Waals surface area contributed by atoms with Crippen LogP contribution >= 0.6 is 11.3 Å². The van der Waals surface area contributed by atoms with Crippen LogP contribution in [0.15, 0.2) is 24.3 Å². The molecular formula is C14H15F3N2S. The van der Waals surface area contributed by atoms with E-state index < -0.39 is 11.9 Å². The van der Waals surface area contributed by atoms with Gasteiger partial charge in [-0.1, -0.05) is 29.8 Å². The number of aryl methyl sites for hydroxylation is 1. The van der Waals surface area contributed by atoms with Crippen LogP contribution in [0, 0.1) is 6.92 Å². The van der Waals surface area contributed by atoms with Crippen LogP contribution in [0.3, 0.4) is 0 Å². The third-order valence-electron chi connectivity index (χ3n) is 2.82. The van der Waals surface area contributed by atoms with E-state index in [1.807, 2.05) is 31.2 Å². The average Bonchev–Trinajstić information content (AvgIpc) is 2.75. The summed E-state index contributed by atoms with van der Waals surface area (Å²) in [5.74, 6) is 0. The molecule has 20 heavy (non-hydrogen) atoms. The van der Waals surface area contributed by atoms with E-state index in [-0.39, 0.29) is 11.4 Å². The first-order valence-electron chi connectivity index (χ1n) is 6.16. The van der Waals surface area contributed by atoms with Crippen molar-refractivity contribution < 1.29 is 13.2 Å². The lowest BCUT2D eigenvalue weighted by atomic mass is 10.1. The molecule has 1 aromatic heterocycles. The van der Waals surface area contributed by atoms with Gasteiger partial charge in [0.15, 0.2) is 5.69 Å². The highest BCUT2D eigenvalue weighted by molar-refractivity contribution is 7.11. The molecule has 0 aliphatic rings. The summed E-state index contributed by atoms with van der Waals surface area (Å²) in [7, 11) is 1.62. The molecule has 0 amide bonds. The van der Waals surface area contributed by atoms with Crippen molar-refractivity contribution in [2.75, 3.05) is 7.05 Å². The summed E-state index contributed by atoms with van der Waals surface area (Å²) in [5, 5.41) is 3.24. The fourth-order valence-electron chi connectivity index (χ4n) is 1.86. The number of nitrogens with one attached hydrogen (secondary N) is 1. The zero-order chi connectivity index (χ0) is 14.8. The van der Waals surface area contributed by atoms with Gasteiger partial charge in [0.25, 0.3) is 0 Å². The number of rotatable bonds is 4. The highest BCUT2D eigenvalue weighted by Gasteiger charge is 2.37. The molecule has 0 saturated heterocycles. The van der Waals surface area contributed by atoms with Crippen LogP contribution in [0.25, 0.3) is 0 Å². The van der Waals surface area contributed by atoms with E-state index in [1.54, 1.807) is 7.05 Å². The Morgan fingerprint density at radius 2 is 1.85 bits per heavy atom. The molecule has 0 aliphatic heterocycles. The van der Waals surface area contributed by atoms with Gasteiger partial charge in [-0.05, 0) is 19.5 Å². The maximum Gasteiger partial charge on any atom is 0.434 e. The summed E-state index contributed by atoms with van der Waals surface area (Å²) in [6.45, 7) is 2.15. The fourth-order valence-corrected chi connectivity index (χ4v) is 2.99. The van der Waals surface area contributed by atoms with Crippen molar-refractivity contribution in [1.82, 2.24) is 10.3 Å². The van der Waals surface area contributed by atoms with Gasteiger partial charge in [0.2, 0.25) is 0 Å². The molecule has 2 nitrogen and oxygen atoms in total. The van der Waals surface area contributed by atoms with Crippen LogP contribution in [0.4, 0.5) is 13.2 Å². The standard InChI is InChI=1S/C14H15F3N2S/c1-9-3-5-10(6-4-9)7-12-19-13(14(15,16)17)11(20-12)8-18-2/h3-6,18H,7-8H2,1-2H3. The quantitative estimate of drug-likeness (QED) is 0.929. The number of hydrogen-bond acceptors (Lipinski definition) is 3. The van der Waals surface area contributed by atoms with Crippen LogP contribution < -0.4 is 5.32 Å². The lowest BCUT2D eigenvalue weighted by Crippen LogP contribution is -2.12. The zero-order valence-electron chi connectivity index (χ0n) is 11.2. The molecular weight excluding hydrogens is 285 g/mol. The van der Waals surface area contributed by atoms with Crippen molar-refractivity contribution in [3.05, 3.63) is 51.0 Å². The summed E-state index contributed by atoms with van der Waals surface area (Å²) in [4.78, 5) is 4.01. The van der Waals surface area contributed by atoms with Gasteiger partial charge in [-0.3, -0.25) is 0 Å². The van der Waals surface area contributed by atoms with Gasteiger partial charge in [-0.15, -0.1) is 11.3 Å². The number of nitrogens with zero attached hydrogens (tertiary/aromatic N) is 1. The Labute approximate surface area is 119 Å². The Bertz CT molecular complexity index is 573. The van der Waals surface area contributed by atoms with E-state index in [1.165, 1.54) is 0 Å². The zero-order valence-corrected chi connectivity index (χ0v) is 12.0. The van der Waals surface area contributed by atoms with Gasteiger partial charge < -0.3 is 5.32 Å². The first kappa shape index (κ1) is 15.0. The van der Waals surface area contributed by atoms with Crippen molar-refractivity contribution in [1.29, 1.82) is 0 Å². The van der Waals surface area contributed by atoms with Gasteiger partial charge in [0, 0.05) is 13.0 Å². The molecule has 1 aromatic carbocycles. The molecule has 2 aromatic rings. The number of hydrogen-bond donors (Lipinski definition) is 1. The Hall–Kier alpha value is -1.40. The van der Waals surface area contributed by atoms with E-state index >= 15 is 0 Å². The Morgan fingerprint density at radius 1 is 1.20 bits per heavy atom. The van der Waals surface area contributed by atoms with Crippen molar-refractivity contribution in [3.8, 4) is 0 Å². The van der Waals surface area contributed by atoms with Gasteiger partial charge >= 0.3 is 6.18 Å². The minimum atomic E-state index is -4.39. The molecule has 0 saturated carbocycles. The number of halogens is 3. The Morgan fingerprint density at radius 3 is 2.40 bits per heavy atom. The molecule has 2 rings (SSSR count). The molecule has 0 bridgehead atoms. The van der Waals surface area contributed by atoms with Crippen LogP contribution in [-0.2, 0) is 19.1 Å². The van der Waals surface area contributed by atoms with Crippen molar-refractivity contribution in [3.63, 3.8) is 0 Å². The van der Waals surface area contributed by atoms with Crippen molar-refractivity contribution in [2.24, 2.45) is 0 Å². The molecule has 0 radical (unpaired) electrons. The first-order chi connectivity index (χ1) is 9.40. The highest BCUT2D eigenvalue weighted by Crippen LogP contribution is 2.34. The third kappa shape index (κ3) is 3.58. The molecule has 0 unspecified atom stereocenters. The minimum absolute atomic E-state index is 0.181. The summed E-state index contributed by atoms with van der Waals surface area (Å²) < 4.78 is 38.7. The van der Waals surface area contributed by atoms with Gasteiger partial charge in [0.05, 0.1) is 9.88 Å². The predicted molar refractivity (Wildman–Crippen MR) is 73.9 cm³/mol. The topological polar surface area (TPSA) is 24.9 Å². The second-order valence-electron chi connectivity index (χ2n) is 4.57. The lowest BCUT2D eigenvalue weighted by Gasteiger charge is -2.04. The van der Waals surface area contributed by atoms with Crippen molar-refractivity contribution >= 4 is 11.3 Å². The minimum Gasteiger partial charge on any atom is -0.315 e. The van der Waals surface area contributed by atoms with Crippen LogP contribution in [0.2, 0.25) is 0 Å². The molecule has 0 atom stereocenters. The predicted octanol–water partition coefficient (Wildman–Crippen LogP) is 3.78. The van der Waals surface area contributed by atoms with E-state index in [4.69, 9.17) is 0 Å². The molecule has 1 heterocycles. The molecule has 1 N–H and O–H groups in total. The van der Waals surface area contributed by atoms with Gasteiger partial charge in [0.1, 0.15) is 0 Å². The maximum atomic E-state index is 12.9. The number of alkyl halides is 3. The summed E-state index contributed by atoms with van der Waals surface area (Å²) >= 11 is 1.12. The number of thiazole rings is 1. The van der Waals surface area contributed by atoms with Gasteiger partial charge in [-0.25, -0.2) is 4.98 Å². The van der Waals surface area contributed by atoms with Crippen molar-refractivity contribution in [2.45, 2.75) is 26.1 Å². The monoisotopic (exact) mass is 300 g/mol. The summed E-state index contributed by atoms with van der Waals surface area (Å²) in [6, 6.07) is 7.73. The van der Waals surface area contributed by atoms with Crippen LogP contribution in [0.1, 0.15) is 26.7 Å². The van der Waals surface area contributed by atoms with Crippen LogP contribution in [-0.4, -0.2) is 12.0 Å². The van der Waals surface area contributed by atoms with Gasteiger partial charge in [-0.2, -0.15) is 13.2 Å². The first-order valence-corrected chi connectivity index (χ1v) is 6.97. The number of benzene rings is 1. The molecule has 6 heteroatoms. The van der Waals surface area contributed by atoms with E-state index in [0.29, 0.717) is 11.4 Å². The van der Waals surface area contributed by atoms with Crippen LogP contribution in [0.5, 0.6) is 0 Å². The molecule has 0 spiro atoms. The Balaban J connectivity index is 2.26. The second kappa shape index (κ2) is 5.93. The largest absolute Gasteiger partial charge is 0.434 e. The summed E-state index contributed by atoms with van der Waals surface area (Å²) in [6.07, 6.45) is -3.97. The van der Waals surface area contributed by atoms with E-state index in [9.17, 15) is 13.2 Å². The summed E-state index contributed by atoms with van der Waals surface area (Å²) in [5.41, 5.74) is 1.33. The second-order valence-corrected chi connectivity index (χ2v) is 5.74. The molecule has 0 fully saturated rings. The normalized spacial score (nSPS) is 11.8. The highest BCUT2D eigenvalue weighted by atomic mass is 32.1. The smallest absolute Gasteiger partial charge is 0.315 e. The number of aromatic nitrogens is 1. The SMILES string of the molecule is CNCc1sc(Cc2ccc(C)cc2)nc1C(F)(F)F. The molecule has 108 valence electrons. The van der Waals surface area contributed by atoms with E-state index in [0.717, 1.165) is 22.5 Å². The third-order valence-corrected chi connectivity index (χ3v) is 3.88. The van der Waals surface area contributed by atoms with E-state index in [2.05, 4.69) is 10.3 Å².